The third-order valence-electron chi connectivity index (χ3n) is 4.65. The fourth-order valence-electron chi connectivity index (χ4n) is 3.23. The Morgan fingerprint density at radius 2 is 1.90 bits per heavy atom. The van der Waals surface area contributed by atoms with Crippen LogP contribution in [0.4, 0.5) is 5.69 Å². The SMILES string of the molecule is COc1ccc(-c2ccc(C(=O)n3cc(C(=O)O)c4ccccc43)o2)c([N+](=O)[O-])c1. The van der Waals surface area contributed by atoms with Crippen LogP contribution in [-0.4, -0.2) is 33.6 Å². The number of carbonyl (C=O) groups is 2. The molecule has 0 bridgehead atoms. The lowest BCUT2D eigenvalue weighted by Gasteiger charge is -2.04. The van der Waals surface area contributed by atoms with Crippen LogP contribution in [0.5, 0.6) is 5.75 Å². The molecule has 0 radical (unpaired) electrons. The van der Waals surface area contributed by atoms with Crippen LogP contribution in [0.15, 0.2) is 65.2 Å². The first-order valence-electron chi connectivity index (χ1n) is 8.71. The fourth-order valence-corrected chi connectivity index (χ4v) is 3.23. The number of para-hydroxylation sites is 1. The molecule has 30 heavy (non-hydrogen) atoms. The number of rotatable bonds is 5. The molecular formula is C21H14N2O7. The lowest BCUT2D eigenvalue weighted by molar-refractivity contribution is -0.384. The number of carbonyl (C=O) groups excluding carboxylic acids is 1. The van der Waals surface area contributed by atoms with Crippen molar-refractivity contribution >= 4 is 28.5 Å². The molecular weight excluding hydrogens is 392 g/mol. The molecule has 0 saturated heterocycles. The predicted octanol–water partition coefficient (Wildman–Crippen LogP) is 4.20. The van der Waals surface area contributed by atoms with Gasteiger partial charge >= 0.3 is 5.97 Å². The van der Waals surface area contributed by atoms with E-state index < -0.39 is 16.8 Å². The third-order valence-corrected chi connectivity index (χ3v) is 4.65. The van der Waals surface area contributed by atoms with E-state index in [1.165, 1.54) is 42.1 Å². The number of carboxylic acid groups (broad SMARTS) is 1. The summed E-state index contributed by atoms with van der Waals surface area (Å²) in [5.41, 5.74) is 0.343. The average Bonchev–Trinajstić information content (AvgIpc) is 3.38. The molecule has 9 heteroatoms. The molecule has 9 nitrogen and oxygen atoms in total. The summed E-state index contributed by atoms with van der Waals surface area (Å²) in [5, 5.41) is 21.2. The number of nitro benzene ring substituents is 1. The number of methoxy groups -OCH3 is 1. The average molecular weight is 406 g/mol. The van der Waals surface area contributed by atoms with Gasteiger partial charge < -0.3 is 14.3 Å². The van der Waals surface area contributed by atoms with Gasteiger partial charge in [-0.1, -0.05) is 18.2 Å². The number of carboxylic acids is 1. The minimum absolute atomic E-state index is 0.0171. The molecule has 0 aliphatic rings. The van der Waals surface area contributed by atoms with Crippen LogP contribution in [-0.2, 0) is 0 Å². The molecule has 2 aromatic carbocycles. The van der Waals surface area contributed by atoms with Crippen LogP contribution >= 0.6 is 0 Å². The highest BCUT2D eigenvalue weighted by atomic mass is 16.6. The quantitative estimate of drug-likeness (QED) is 0.389. The van der Waals surface area contributed by atoms with Gasteiger partial charge in [-0.05, 0) is 30.3 Å². The van der Waals surface area contributed by atoms with Crippen molar-refractivity contribution in [2.24, 2.45) is 0 Å². The van der Waals surface area contributed by atoms with Crippen molar-refractivity contribution in [1.29, 1.82) is 0 Å². The van der Waals surface area contributed by atoms with E-state index in [9.17, 15) is 24.8 Å². The van der Waals surface area contributed by atoms with Gasteiger partial charge in [0.1, 0.15) is 11.5 Å². The third kappa shape index (κ3) is 3.08. The van der Waals surface area contributed by atoms with E-state index in [0.717, 1.165) is 0 Å². The number of aromatic carboxylic acids is 1. The summed E-state index contributed by atoms with van der Waals surface area (Å²) in [6.07, 6.45) is 1.23. The summed E-state index contributed by atoms with van der Waals surface area (Å²) in [4.78, 5) is 35.3. The molecule has 2 heterocycles. The molecule has 150 valence electrons. The highest BCUT2D eigenvalue weighted by Crippen LogP contribution is 2.34. The standard InChI is InChI=1S/C21H14N2O7/c1-29-12-6-7-14(17(10-12)23(27)28)18-8-9-19(30-18)20(24)22-11-15(21(25)26)13-4-2-3-5-16(13)22/h2-11H,1H3,(H,25,26). The molecule has 0 atom stereocenters. The largest absolute Gasteiger partial charge is 0.497 e. The van der Waals surface area contributed by atoms with Gasteiger partial charge in [0.05, 0.1) is 34.7 Å². The van der Waals surface area contributed by atoms with Crippen molar-refractivity contribution in [3.8, 4) is 17.1 Å². The summed E-state index contributed by atoms with van der Waals surface area (Å²) in [7, 11) is 1.40. The second-order valence-corrected chi connectivity index (χ2v) is 6.34. The van der Waals surface area contributed by atoms with Gasteiger partial charge in [0.25, 0.3) is 11.6 Å². The van der Waals surface area contributed by atoms with Crippen LogP contribution in [0.1, 0.15) is 20.9 Å². The first-order chi connectivity index (χ1) is 14.4. The van der Waals surface area contributed by atoms with E-state index >= 15 is 0 Å². The Morgan fingerprint density at radius 3 is 2.60 bits per heavy atom. The van der Waals surface area contributed by atoms with Crippen LogP contribution in [0.2, 0.25) is 0 Å². The smallest absolute Gasteiger partial charge is 0.337 e. The monoisotopic (exact) mass is 406 g/mol. The molecule has 0 spiro atoms. The first kappa shape index (κ1) is 18.9. The van der Waals surface area contributed by atoms with Gasteiger partial charge in [0.15, 0.2) is 5.76 Å². The minimum atomic E-state index is -1.16. The lowest BCUT2D eigenvalue weighted by atomic mass is 10.1. The van der Waals surface area contributed by atoms with Gasteiger partial charge in [-0.2, -0.15) is 0 Å². The van der Waals surface area contributed by atoms with E-state index in [2.05, 4.69) is 0 Å². The zero-order chi connectivity index (χ0) is 21.4. The number of furan rings is 1. The number of fused-ring (bicyclic) bond motifs is 1. The number of hydrogen-bond acceptors (Lipinski definition) is 6. The Kier molecular flexibility index (Phi) is 4.55. The Morgan fingerprint density at radius 1 is 1.13 bits per heavy atom. The Balaban J connectivity index is 1.78. The van der Waals surface area contributed by atoms with Gasteiger partial charge in [-0.15, -0.1) is 0 Å². The number of nitro groups is 1. The second-order valence-electron chi connectivity index (χ2n) is 6.34. The molecule has 0 fully saturated rings. The number of hydrogen-bond donors (Lipinski definition) is 1. The van der Waals surface area contributed by atoms with E-state index in [4.69, 9.17) is 9.15 Å². The Hall–Kier alpha value is -4.40. The van der Waals surface area contributed by atoms with E-state index in [1.54, 1.807) is 30.3 Å². The van der Waals surface area contributed by atoms with Gasteiger partial charge in [-0.3, -0.25) is 19.5 Å². The van der Waals surface area contributed by atoms with Gasteiger partial charge in [0, 0.05) is 11.6 Å². The van der Waals surface area contributed by atoms with Crippen LogP contribution < -0.4 is 4.74 Å². The van der Waals surface area contributed by atoms with Gasteiger partial charge in [0.2, 0.25) is 0 Å². The topological polar surface area (TPSA) is 125 Å². The normalized spacial score (nSPS) is 10.8. The first-order valence-corrected chi connectivity index (χ1v) is 8.71. The van der Waals surface area contributed by atoms with Crippen LogP contribution in [0, 0.1) is 10.1 Å². The summed E-state index contributed by atoms with van der Waals surface area (Å²) in [6.45, 7) is 0. The molecule has 0 unspecified atom stereocenters. The number of ether oxygens (including phenoxy) is 1. The van der Waals surface area contributed by atoms with Crippen molar-refractivity contribution in [2.45, 2.75) is 0 Å². The fraction of sp³-hybridized carbons (Fsp3) is 0.0476. The minimum Gasteiger partial charge on any atom is -0.497 e. The summed E-state index contributed by atoms with van der Waals surface area (Å²) >= 11 is 0. The predicted molar refractivity (Wildman–Crippen MR) is 106 cm³/mol. The highest BCUT2D eigenvalue weighted by molar-refractivity contribution is 6.08. The number of nitrogens with zero attached hydrogens (tertiary/aromatic N) is 2. The molecule has 0 aliphatic heterocycles. The van der Waals surface area contributed by atoms with E-state index in [0.29, 0.717) is 16.7 Å². The number of benzene rings is 2. The molecule has 0 saturated carbocycles. The molecule has 4 rings (SSSR count). The molecule has 0 aliphatic carbocycles. The highest BCUT2D eigenvalue weighted by Gasteiger charge is 2.23. The van der Waals surface area contributed by atoms with Crippen molar-refractivity contribution in [1.82, 2.24) is 4.57 Å². The maximum atomic E-state index is 13.0. The second kappa shape index (κ2) is 7.21. The van der Waals surface area contributed by atoms with Crippen molar-refractivity contribution in [3.63, 3.8) is 0 Å². The van der Waals surface area contributed by atoms with E-state index in [-0.39, 0.29) is 28.3 Å². The van der Waals surface area contributed by atoms with Crippen molar-refractivity contribution in [3.05, 3.63) is 82.2 Å². The Labute approximate surface area is 168 Å². The molecule has 0 amide bonds. The molecule has 2 aromatic heterocycles. The van der Waals surface area contributed by atoms with Crippen molar-refractivity contribution < 1.29 is 28.8 Å². The summed E-state index contributed by atoms with van der Waals surface area (Å²) in [5.74, 6) is -1.41. The maximum Gasteiger partial charge on any atom is 0.337 e. The van der Waals surface area contributed by atoms with Gasteiger partial charge in [-0.25, -0.2) is 4.79 Å². The van der Waals surface area contributed by atoms with E-state index in [1.807, 2.05) is 0 Å². The van der Waals surface area contributed by atoms with Crippen molar-refractivity contribution in [2.75, 3.05) is 7.11 Å². The molecule has 4 aromatic rings. The summed E-state index contributed by atoms with van der Waals surface area (Å²) in [6, 6.07) is 13.7. The van der Waals surface area contributed by atoms with Crippen LogP contribution in [0.3, 0.4) is 0 Å². The van der Waals surface area contributed by atoms with Crippen LogP contribution in [0.25, 0.3) is 22.2 Å². The zero-order valence-electron chi connectivity index (χ0n) is 15.6. The number of aromatic nitrogens is 1. The Bertz CT molecular complexity index is 1320. The zero-order valence-corrected chi connectivity index (χ0v) is 15.6. The summed E-state index contributed by atoms with van der Waals surface area (Å²) < 4.78 is 11.8. The maximum absolute atomic E-state index is 13.0. The molecule has 1 N–H and O–H groups in total. The lowest BCUT2D eigenvalue weighted by Crippen LogP contribution is -2.09.